The molecular formula is C18H21N3O. The predicted octanol–water partition coefficient (Wildman–Crippen LogP) is 2.94. The first-order valence-corrected chi connectivity index (χ1v) is 7.62. The monoisotopic (exact) mass is 295 g/mol. The van der Waals surface area contributed by atoms with E-state index in [4.69, 9.17) is 0 Å². The van der Waals surface area contributed by atoms with Gasteiger partial charge in [-0.25, -0.2) is 0 Å². The van der Waals surface area contributed by atoms with E-state index in [1.54, 1.807) is 6.07 Å². The van der Waals surface area contributed by atoms with Gasteiger partial charge in [-0.2, -0.15) is 5.10 Å². The number of anilines is 1. The molecule has 1 aliphatic heterocycles. The van der Waals surface area contributed by atoms with Gasteiger partial charge in [-0.15, -0.1) is 0 Å². The van der Waals surface area contributed by atoms with Crippen LogP contribution in [0.3, 0.4) is 0 Å². The van der Waals surface area contributed by atoms with Gasteiger partial charge in [-0.3, -0.25) is 5.01 Å². The minimum Gasteiger partial charge on any atom is -0.507 e. The van der Waals surface area contributed by atoms with E-state index in [0.29, 0.717) is 0 Å². The van der Waals surface area contributed by atoms with Gasteiger partial charge in [0.1, 0.15) is 5.75 Å². The van der Waals surface area contributed by atoms with Crippen molar-refractivity contribution < 1.29 is 5.11 Å². The number of hydrogen-bond donors (Lipinski definition) is 1. The number of phenolic OH excluding ortho intramolecular Hbond substituents is 1. The quantitative estimate of drug-likeness (QED) is 0.885. The molecule has 1 N–H and O–H groups in total. The fourth-order valence-corrected chi connectivity index (χ4v) is 2.74. The summed E-state index contributed by atoms with van der Waals surface area (Å²) in [6.07, 6.45) is 0. The molecule has 1 saturated heterocycles. The van der Waals surface area contributed by atoms with E-state index in [0.717, 1.165) is 37.5 Å². The van der Waals surface area contributed by atoms with E-state index >= 15 is 0 Å². The highest BCUT2D eigenvalue weighted by Crippen LogP contribution is 2.18. The highest BCUT2D eigenvalue weighted by Gasteiger charge is 2.16. The van der Waals surface area contributed by atoms with Gasteiger partial charge in [0.05, 0.1) is 18.8 Å². The summed E-state index contributed by atoms with van der Waals surface area (Å²) in [5.41, 5.74) is 2.92. The molecule has 0 saturated carbocycles. The van der Waals surface area contributed by atoms with Crippen LogP contribution in [0.25, 0.3) is 0 Å². The summed E-state index contributed by atoms with van der Waals surface area (Å²) >= 11 is 0. The second kappa shape index (κ2) is 6.52. The summed E-state index contributed by atoms with van der Waals surface area (Å²) in [7, 11) is 0. The first kappa shape index (κ1) is 14.4. The van der Waals surface area contributed by atoms with Crippen LogP contribution in [0.1, 0.15) is 12.5 Å². The van der Waals surface area contributed by atoms with Gasteiger partial charge in [0, 0.05) is 24.3 Å². The third-order valence-corrected chi connectivity index (χ3v) is 3.96. The molecule has 114 valence electrons. The summed E-state index contributed by atoms with van der Waals surface area (Å²) in [4.78, 5) is 2.38. The zero-order valence-corrected chi connectivity index (χ0v) is 12.8. The number of para-hydroxylation sites is 2. The van der Waals surface area contributed by atoms with Crippen molar-refractivity contribution in [3.8, 4) is 5.75 Å². The maximum absolute atomic E-state index is 9.89. The number of benzene rings is 2. The van der Waals surface area contributed by atoms with Crippen molar-refractivity contribution in [2.75, 3.05) is 31.1 Å². The third-order valence-electron chi connectivity index (χ3n) is 3.96. The Hall–Kier alpha value is -2.49. The van der Waals surface area contributed by atoms with Crippen molar-refractivity contribution in [3.63, 3.8) is 0 Å². The molecule has 0 aromatic heterocycles. The molecule has 3 rings (SSSR count). The molecule has 0 unspecified atom stereocenters. The Morgan fingerprint density at radius 1 is 0.909 bits per heavy atom. The molecule has 0 amide bonds. The summed E-state index contributed by atoms with van der Waals surface area (Å²) in [6, 6.07) is 17.8. The largest absolute Gasteiger partial charge is 0.507 e. The van der Waals surface area contributed by atoms with E-state index in [2.05, 4.69) is 39.3 Å². The predicted molar refractivity (Wildman–Crippen MR) is 90.5 cm³/mol. The van der Waals surface area contributed by atoms with Gasteiger partial charge in [0.15, 0.2) is 0 Å². The fraction of sp³-hybridized carbons (Fsp3) is 0.278. The second-order valence-corrected chi connectivity index (χ2v) is 5.48. The van der Waals surface area contributed by atoms with E-state index in [1.807, 2.05) is 31.2 Å². The van der Waals surface area contributed by atoms with Crippen molar-refractivity contribution >= 4 is 11.4 Å². The van der Waals surface area contributed by atoms with E-state index in [1.165, 1.54) is 5.69 Å². The van der Waals surface area contributed by atoms with Gasteiger partial charge < -0.3 is 10.0 Å². The van der Waals surface area contributed by atoms with Crippen molar-refractivity contribution in [1.29, 1.82) is 0 Å². The molecule has 1 aliphatic rings. The molecule has 0 aliphatic carbocycles. The lowest BCUT2D eigenvalue weighted by atomic mass is 10.1. The summed E-state index contributed by atoms with van der Waals surface area (Å²) in [5.74, 6) is 0.284. The lowest BCUT2D eigenvalue weighted by molar-refractivity contribution is 0.270. The molecule has 1 fully saturated rings. The maximum atomic E-state index is 9.89. The standard InChI is InChI=1S/C18H21N3O/c1-15(17-9-5-6-10-18(17)22)19-21-13-11-20(12-14-21)16-7-3-2-4-8-16/h2-10,22H,11-14H2,1H3/b19-15+. The fourth-order valence-electron chi connectivity index (χ4n) is 2.74. The molecule has 4 nitrogen and oxygen atoms in total. The first-order chi connectivity index (χ1) is 10.7. The Morgan fingerprint density at radius 3 is 2.23 bits per heavy atom. The molecule has 2 aromatic rings. The molecular weight excluding hydrogens is 274 g/mol. The highest BCUT2D eigenvalue weighted by molar-refractivity contribution is 6.00. The first-order valence-electron chi connectivity index (χ1n) is 7.62. The van der Waals surface area contributed by atoms with Gasteiger partial charge in [-0.1, -0.05) is 30.3 Å². The average molecular weight is 295 g/mol. The van der Waals surface area contributed by atoms with Crippen LogP contribution in [-0.2, 0) is 0 Å². The van der Waals surface area contributed by atoms with Crippen molar-refractivity contribution in [2.24, 2.45) is 5.10 Å². The van der Waals surface area contributed by atoms with Crippen molar-refractivity contribution in [3.05, 3.63) is 60.2 Å². The van der Waals surface area contributed by atoms with Crippen LogP contribution in [0.2, 0.25) is 0 Å². The Bertz CT molecular complexity index is 646. The highest BCUT2D eigenvalue weighted by atomic mass is 16.3. The second-order valence-electron chi connectivity index (χ2n) is 5.48. The van der Waals surface area contributed by atoms with Gasteiger partial charge in [0.2, 0.25) is 0 Å². The van der Waals surface area contributed by atoms with Crippen LogP contribution in [-0.4, -0.2) is 42.0 Å². The van der Waals surface area contributed by atoms with Crippen molar-refractivity contribution in [1.82, 2.24) is 5.01 Å². The molecule has 0 bridgehead atoms. The molecule has 4 heteroatoms. The SMILES string of the molecule is C/C(=N\N1CCN(c2ccccc2)CC1)c1ccccc1O. The van der Waals surface area contributed by atoms with Gasteiger partial charge in [-0.05, 0) is 31.2 Å². The Labute approximate surface area is 131 Å². The van der Waals surface area contributed by atoms with Crippen LogP contribution < -0.4 is 4.90 Å². The third kappa shape index (κ3) is 3.22. The average Bonchev–Trinajstić information content (AvgIpc) is 2.57. The van der Waals surface area contributed by atoms with Gasteiger partial charge >= 0.3 is 0 Å². The number of rotatable bonds is 3. The van der Waals surface area contributed by atoms with Crippen LogP contribution in [0.15, 0.2) is 59.7 Å². The van der Waals surface area contributed by atoms with E-state index in [-0.39, 0.29) is 5.75 Å². The number of nitrogens with zero attached hydrogens (tertiary/aromatic N) is 3. The van der Waals surface area contributed by atoms with Crippen LogP contribution >= 0.6 is 0 Å². The molecule has 1 heterocycles. The van der Waals surface area contributed by atoms with Crippen LogP contribution in [0.5, 0.6) is 5.75 Å². The Morgan fingerprint density at radius 2 is 1.55 bits per heavy atom. The summed E-state index contributed by atoms with van der Waals surface area (Å²) in [5, 5.41) is 16.6. The van der Waals surface area contributed by atoms with E-state index in [9.17, 15) is 5.11 Å². The minimum absolute atomic E-state index is 0.284. The number of phenols is 1. The van der Waals surface area contributed by atoms with Gasteiger partial charge in [0.25, 0.3) is 0 Å². The number of aromatic hydroxyl groups is 1. The number of hydrogen-bond acceptors (Lipinski definition) is 4. The molecule has 0 spiro atoms. The minimum atomic E-state index is 0.284. The molecule has 0 atom stereocenters. The maximum Gasteiger partial charge on any atom is 0.124 e. The molecule has 22 heavy (non-hydrogen) atoms. The molecule has 2 aromatic carbocycles. The number of piperazine rings is 1. The van der Waals surface area contributed by atoms with E-state index < -0.39 is 0 Å². The summed E-state index contributed by atoms with van der Waals surface area (Å²) < 4.78 is 0. The topological polar surface area (TPSA) is 39.1 Å². The summed E-state index contributed by atoms with van der Waals surface area (Å²) in [6.45, 7) is 5.64. The van der Waals surface area contributed by atoms with Crippen LogP contribution in [0.4, 0.5) is 5.69 Å². The number of hydrazone groups is 1. The van der Waals surface area contributed by atoms with Crippen molar-refractivity contribution in [2.45, 2.75) is 6.92 Å². The zero-order chi connectivity index (χ0) is 15.4. The molecule has 0 radical (unpaired) electrons. The lowest BCUT2D eigenvalue weighted by Crippen LogP contribution is -2.44. The van der Waals surface area contributed by atoms with Crippen LogP contribution in [0, 0.1) is 0 Å². The zero-order valence-electron chi connectivity index (χ0n) is 12.8. The smallest absolute Gasteiger partial charge is 0.124 e. The Kier molecular flexibility index (Phi) is 4.28. The lowest BCUT2D eigenvalue weighted by Gasteiger charge is -2.35. The normalized spacial score (nSPS) is 16.0. The Balaban J connectivity index is 1.64.